The molecule has 3 aromatic rings. The molecule has 1 heterocycles. The first kappa shape index (κ1) is 19.3. The molecule has 0 fully saturated rings. The summed E-state index contributed by atoms with van der Waals surface area (Å²) in [5.74, 6) is 0.531. The average Bonchev–Trinajstić information content (AvgIpc) is 3.15. The number of aromatic nitrogens is 1. The molecule has 1 amide bonds. The van der Waals surface area contributed by atoms with Crippen LogP contribution in [-0.4, -0.2) is 18.0 Å². The van der Waals surface area contributed by atoms with Gasteiger partial charge in [-0.05, 0) is 51.7 Å². The van der Waals surface area contributed by atoms with Gasteiger partial charge in [0.1, 0.15) is 5.75 Å². The Labute approximate surface area is 171 Å². The summed E-state index contributed by atoms with van der Waals surface area (Å²) in [4.78, 5) is 16.7. The molecule has 0 saturated carbocycles. The van der Waals surface area contributed by atoms with Crippen LogP contribution < -0.4 is 10.1 Å². The van der Waals surface area contributed by atoms with Gasteiger partial charge in [-0.2, -0.15) is 0 Å². The van der Waals surface area contributed by atoms with Crippen LogP contribution in [0.25, 0.3) is 17.3 Å². The van der Waals surface area contributed by atoms with Crippen molar-refractivity contribution in [3.8, 4) is 17.0 Å². The van der Waals surface area contributed by atoms with Gasteiger partial charge in [0.25, 0.3) is 0 Å². The number of benzene rings is 2. The van der Waals surface area contributed by atoms with Crippen LogP contribution in [0.1, 0.15) is 18.1 Å². The molecular weight excluding hydrogens is 424 g/mol. The van der Waals surface area contributed by atoms with E-state index in [-0.39, 0.29) is 5.91 Å². The zero-order valence-corrected chi connectivity index (χ0v) is 17.4. The first-order valence-electron chi connectivity index (χ1n) is 8.46. The van der Waals surface area contributed by atoms with Gasteiger partial charge in [-0.15, -0.1) is 11.3 Å². The van der Waals surface area contributed by atoms with Crippen LogP contribution in [0.4, 0.5) is 5.13 Å². The Bertz CT molecular complexity index is 965. The van der Waals surface area contributed by atoms with Crippen molar-refractivity contribution in [2.45, 2.75) is 13.3 Å². The van der Waals surface area contributed by atoms with E-state index in [4.69, 9.17) is 4.74 Å². The van der Waals surface area contributed by atoms with Crippen LogP contribution in [-0.2, 0) is 11.2 Å². The molecule has 0 bridgehead atoms. The van der Waals surface area contributed by atoms with Crippen LogP contribution in [0.15, 0.2) is 58.4 Å². The van der Waals surface area contributed by atoms with Gasteiger partial charge in [0.15, 0.2) is 5.13 Å². The maximum absolute atomic E-state index is 12.2. The molecule has 1 aromatic heterocycles. The predicted molar refractivity (Wildman–Crippen MR) is 115 cm³/mol. The second kappa shape index (κ2) is 8.97. The highest BCUT2D eigenvalue weighted by Crippen LogP contribution is 2.27. The van der Waals surface area contributed by atoms with Crippen LogP contribution in [0.2, 0.25) is 0 Å². The Morgan fingerprint density at radius 3 is 2.70 bits per heavy atom. The fraction of sp³-hybridized carbons (Fsp3) is 0.143. The summed E-state index contributed by atoms with van der Waals surface area (Å²) in [7, 11) is 1.61. The third-order valence-electron chi connectivity index (χ3n) is 4.00. The van der Waals surface area contributed by atoms with Gasteiger partial charge in [-0.3, -0.25) is 10.1 Å². The molecule has 0 aliphatic rings. The largest absolute Gasteiger partial charge is 0.496 e. The summed E-state index contributed by atoms with van der Waals surface area (Å²) >= 11 is 4.84. The lowest BCUT2D eigenvalue weighted by Gasteiger charge is -2.03. The highest BCUT2D eigenvalue weighted by Gasteiger charge is 2.07. The number of aryl methyl sites for hydroxylation is 1. The minimum Gasteiger partial charge on any atom is -0.496 e. The summed E-state index contributed by atoms with van der Waals surface area (Å²) < 4.78 is 6.04. The zero-order chi connectivity index (χ0) is 19.2. The van der Waals surface area contributed by atoms with E-state index in [1.54, 1.807) is 13.2 Å². The Balaban J connectivity index is 1.64. The van der Waals surface area contributed by atoms with Crippen molar-refractivity contribution in [2.75, 3.05) is 12.4 Å². The van der Waals surface area contributed by atoms with Gasteiger partial charge in [-0.25, -0.2) is 4.98 Å². The lowest BCUT2D eigenvalue weighted by Crippen LogP contribution is -2.07. The fourth-order valence-corrected chi connectivity index (χ4v) is 3.76. The first-order chi connectivity index (χ1) is 13.1. The summed E-state index contributed by atoms with van der Waals surface area (Å²) in [5, 5.41) is 5.33. The number of nitrogens with one attached hydrogen (secondary N) is 1. The van der Waals surface area contributed by atoms with E-state index in [0.29, 0.717) is 5.13 Å². The lowest BCUT2D eigenvalue weighted by atomic mass is 10.1. The Kier molecular flexibility index (Phi) is 6.42. The van der Waals surface area contributed by atoms with E-state index in [1.807, 2.05) is 23.6 Å². The van der Waals surface area contributed by atoms with Gasteiger partial charge in [0.2, 0.25) is 5.91 Å². The molecule has 27 heavy (non-hydrogen) atoms. The summed E-state index contributed by atoms with van der Waals surface area (Å²) in [5.41, 5.74) is 4.09. The molecule has 4 nitrogen and oxygen atoms in total. The molecule has 1 N–H and O–H groups in total. The van der Waals surface area contributed by atoms with E-state index in [2.05, 4.69) is 57.4 Å². The molecule has 0 spiro atoms. The number of methoxy groups -OCH3 is 1. The predicted octanol–water partition coefficient (Wildman–Crippen LogP) is 5.80. The van der Waals surface area contributed by atoms with Gasteiger partial charge in [0.05, 0.1) is 17.3 Å². The molecule has 0 aliphatic carbocycles. The van der Waals surface area contributed by atoms with E-state index in [1.165, 1.54) is 23.0 Å². The van der Waals surface area contributed by atoms with Crippen molar-refractivity contribution in [1.82, 2.24) is 4.98 Å². The van der Waals surface area contributed by atoms with Crippen LogP contribution in [0.5, 0.6) is 5.75 Å². The topological polar surface area (TPSA) is 51.2 Å². The van der Waals surface area contributed by atoms with Gasteiger partial charge in [0, 0.05) is 17.0 Å². The third kappa shape index (κ3) is 5.05. The lowest BCUT2D eigenvalue weighted by molar-refractivity contribution is -0.111. The highest BCUT2D eigenvalue weighted by atomic mass is 79.9. The molecule has 2 aromatic carbocycles. The van der Waals surface area contributed by atoms with Gasteiger partial charge >= 0.3 is 0 Å². The van der Waals surface area contributed by atoms with E-state index in [0.717, 1.165) is 33.5 Å². The van der Waals surface area contributed by atoms with Gasteiger partial charge in [-0.1, -0.05) is 37.3 Å². The van der Waals surface area contributed by atoms with Crippen LogP contribution >= 0.6 is 27.3 Å². The molecular formula is C21H19BrN2O2S. The number of hydrogen-bond donors (Lipinski definition) is 1. The molecule has 0 radical (unpaired) electrons. The quantitative estimate of drug-likeness (QED) is 0.491. The van der Waals surface area contributed by atoms with Crippen molar-refractivity contribution in [1.29, 1.82) is 0 Å². The second-order valence-electron chi connectivity index (χ2n) is 5.80. The second-order valence-corrected chi connectivity index (χ2v) is 7.52. The minimum absolute atomic E-state index is 0.218. The molecule has 6 heteroatoms. The Morgan fingerprint density at radius 1 is 1.26 bits per heavy atom. The summed E-state index contributed by atoms with van der Waals surface area (Å²) in [6.07, 6.45) is 4.25. The number of hydrogen-bond acceptors (Lipinski definition) is 4. The number of ether oxygens (including phenoxy) is 1. The fourth-order valence-electron chi connectivity index (χ4n) is 2.48. The van der Waals surface area contributed by atoms with Crippen molar-refractivity contribution in [3.05, 3.63) is 69.5 Å². The maximum atomic E-state index is 12.2. The molecule has 0 saturated heterocycles. The minimum atomic E-state index is -0.218. The maximum Gasteiger partial charge on any atom is 0.250 e. The van der Waals surface area contributed by atoms with Crippen molar-refractivity contribution >= 4 is 44.4 Å². The van der Waals surface area contributed by atoms with Crippen LogP contribution in [0, 0.1) is 0 Å². The standard InChI is InChI=1S/C21H19BrN2O2S/c1-3-14-4-8-16(9-5-14)18-13-27-21(23-18)24-20(25)11-7-15-6-10-19(26-2)17(22)12-15/h4-13H,3H2,1-2H3,(H,23,24,25)/b11-7+. The molecule has 0 unspecified atom stereocenters. The number of carbonyl (C=O) groups excluding carboxylic acids is 1. The van der Waals surface area contributed by atoms with Gasteiger partial charge < -0.3 is 4.74 Å². The Morgan fingerprint density at radius 2 is 2.04 bits per heavy atom. The van der Waals surface area contributed by atoms with Crippen molar-refractivity contribution < 1.29 is 9.53 Å². The van der Waals surface area contributed by atoms with Crippen molar-refractivity contribution in [2.24, 2.45) is 0 Å². The van der Waals surface area contributed by atoms with Crippen molar-refractivity contribution in [3.63, 3.8) is 0 Å². The smallest absolute Gasteiger partial charge is 0.250 e. The monoisotopic (exact) mass is 442 g/mol. The molecule has 0 aliphatic heterocycles. The first-order valence-corrected chi connectivity index (χ1v) is 10.1. The molecule has 0 atom stereocenters. The number of rotatable bonds is 6. The van der Waals surface area contributed by atoms with Crippen LogP contribution in [0.3, 0.4) is 0 Å². The van der Waals surface area contributed by atoms with E-state index >= 15 is 0 Å². The number of amides is 1. The highest BCUT2D eigenvalue weighted by molar-refractivity contribution is 9.10. The number of carbonyl (C=O) groups is 1. The van der Waals surface area contributed by atoms with E-state index in [9.17, 15) is 4.79 Å². The summed E-state index contributed by atoms with van der Waals surface area (Å²) in [6.45, 7) is 2.13. The van der Waals surface area contributed by atoms with E-state index < -0.39 is 0 Å². The number of nitrogens with zero attached hydrogens (tertiary/aromatic N) is 1. The molecule has 138 valence electrons. The molecule has 3 rings (SSSR count). The summed E-state index contributed by atoms with van der Waals surface area (Å²) in [6, 6.07) is 13.9. The number of anilines is 1. The SMILES string of the molecule is CCc1ccc(-c2csc(NC(=O)/C=C/c3ccc(OC)c(Br)c3)n2)cc1. The third-order valence-corrected chi connectivity index (χ3v) is 5.37. The normalized spacial score (nSPS) is 10.9. The Hall–Kier alpha value is -2.44. The number of thiazole rings is 1. The average molecular weight is 443 g/mol. The zero-order valence-electron chi connectivity index (χ0n) is 15.0. The number of halogens is 1.